The average molecular weight is 391 g/mol. The molecule has 4 aliphatic carbocycles. The third-order valence-electron chi connectivity index (χ3n) is 8.85. The van der Waals surface area contributed by atoms with Gasteiger partial charge in [-0.25, -0.2) is 0 Å². The number of hydrogen-bond acceptors (Lipinski definition) is 5. The third kappa shape index (κ3) is 3.00. The van der Waals surface area contributed by atoms with Crippen LogP contribution < -0.4 is 0 Å². The van der Waals surface area contributed by atoms with Crippen molar-refractivity contribution in [1.82, 2.24) is 0 Å². The van der Waals surface area contributed by atoms with E-state index < -0.39 is 0 Å². The predicted molar refractivity (Wildman–Crippen MR) is 103 cm³/mol. The number of fused-ring (bicyclic) bond motifs is 5. The van der Waals surface area contributed by atoms with Crippen LogP contribution in [0.5, 0.6) is 0 Å². The van der Waals surface area contributed by atoms with Crippen molar-refractivity contribution in [3.63, 3.8) is 0 Å². The van der Waals surface area contributed by atoms with Crippen LogP contribution in [0.25, 0.3) is 0 Å². The van der Waals surface area contributed by atoms with E-state index in [4.69, 9.17) is 9.47 Å². The van der Waals surface area contributed by atoms with Gasteiger partial charge < -0.3 is 9.47 Å². The van der Waals surface area contributed by atoms with E-state index in [1.165, 1.54) is 13.8 Å². The van der Waals surface area contributed by atoms with Crippen molar-refractivity contribution < 1.29 is 23.9 Å². The van der Waals surface area contributed by atoms with Gasteiger partial charge in [0.15, 0.2) is 0 Å². The number of rotatable bonds is 2. The van der Waals surface area contributed by atoms with E-state index in [1.54, 1.807) is 0 Å². The van der Waals surface area contributed by atoms with Gasteiger partial charge in [0.1, 0.15) is 18.0 Å². The number of ether oxygens (including phenoxy) is 2. The molecular weight excluding hydrogens is 356 g/mol. The van der Waals surface area contributed by atoms with Crippen LogP contribution in [0.4, 0.5) is 0 Å². The fraction of sp³-hybridized carbons (Fsp3) is 0.870. The molecule has 0 amide bonds. The zero-order chi connectivity index (χ0) is 20.3. The molecule has 4 rings (SSSR count). The third-order valence-corrected chi connectivity index (χ3v) is 8.85. The minimum atomic E-state index is -0.235. The molecule has 4 fully saturated rings. The minimum Gasteiger partial charge on any atom is -0.463 e. The van der Waals surface area contributed by atoms with E-state index >= 15 is 0 Å². The minimum absolute atomic E-state index is 0.0101. The summed E-state index contributed by atoms with van der Waals surface area (Å²) in [6.07, 6.45) is 7.24. The molecule has 0 bridgehead atoms. The Balaban J connectivity index is 1.57. The van der Waals surface area contributed by atoms with Crippen LogP contribution in [0.15, 0.2) is 0 Å². The lowest BCUT2D eigenvalue weighted by Crippen LogP contribution is -2.58. The summed E-state index contributed by atoms with van der Waals surface area (Å²) in [6.45, 7) is 7.45. The van der Waals surface area contributed by atoms with Gasteiger partial charge >= 0.3 is 11.9 Å². The van der Waals surface area contributed by atoms with E-state index in [0.29, 0.717) is 30.0 Å². The van der Waals surface area contributed by atoms with Crippen molar-refractivity contribution in [2.75, 3.05) is 0 Å². The van der Waals surface area contributed by atoms with E-state index in [9.17, 15) is 14.4 Å². The molecular formula is C23H34O5. The van der Waals surface area contributed by atoms with Gasteiger partial charge in [-0.15, -0.1) is 0 Å². The zero-order valence-electron chi connectivity index (χ0n) is 17.7. The highest BCUT2D eigenvalue weighted by Crippen LogP contribution is 2.65. The first-order valence-corrected chi connectivity index (χ1v) is 11.0. The zero-order valence-corrected chi connectivity index (χ0v) is 17.7. The molecule has 0 unspecified atom stereocenters. The van der Waals surface area contributed by atoms with Gasteiger partial charge in [0, 0.05) is 31.6 Å². The van der Waals surface area contributed by atoms with Gasteiger partial charge in [0.25, 0.3) is 0 Å². The Morgan fingerprint density at radius 1 is 0.929 bits per heavy atom. The Bertz CT molecular complexity index is 686. The molecule has 4 aliphatic rings. The summed E-state index contributed by atoms with van der Waals surface area (Å²) >= 11 is 0. The number of hydrogen-bond donors (Lipinski definition) is 0. The van der Waals surface area contributed by atoms with Crippen LogP contribution in [0.2, 0.25) is 0 Å². The molecule has 0 N–H and O–H groups in total. The van der Waals surface area contributed by atoms with Crippen molar-refractivity contribution >= 4 is 17.7 Å². The molecule has 0 aliphatic heterocycles. The van der Waals surface area contributed by atoms with Crippen LogP contribution >= 0.6 is 0 Å². The van der Waals surface area contributed by atoms with Crippen LogP contribution in [0, 0.1) is 34.5 Å². The number of esters is 2. The summed E-state index contributed by atoms with van der Waals surface area (Å²) < 4.78 is 11.2. The Kier molecular flexibility index (Phi) is 4.86. The second-order valence-corrected chi connectivity index (χ2v) is 10.4. The summed E-state index contributed by atoms with van der Waals surface area (Å²) in [4.78, 5) is 36.5. The maximum atomic E-state index is 13.5. The highest BCUT2D eigenvalue weighted by Gasteiger charge is 2.64. The smallest absolute Gasteiger partial charge is 0.302 e. The lowest BCUT2D eigenvalue weighted by atomic mass is 9.44. The van der Waals surface area contributed by atoms with Crippen LogP contribution in [-0.2, 0) is 23.9 Å². The van der Waals surface area contributed by atoms with Gasteiger partial charge in [0.05, 0.1) is 0 Å². The molecule has 156 valence electrons. The van der Waals surface area contributed by atoms with Crippen molar-refractivity contribution in [2.45, 2.75) is 91.3 Å². The molecule has 0 aromatic carbocycles. The van der Waals surface area contributed by atoms with Crippen molar-refractivity contribution in [1.29, 1.82) is 0 Å². The van der Waals surface area contributed by atoms with Crippen LogP contribution in [0.1, 0.15) is 79.1 Å². The Morgan fingerprint density at radius 3 is 2.32 bits per heavy atom. The largest absolute Gasteiger partial charge is 0.463 e. The normalized spacial score (nSPS) is 47.5. The van der Waals surface area contributed by atoms with Gasteiger partial charge in [-0.05, 0) is 68.1 Å². The van der Waals surface area contributed by atoms with Crippen LogP contribution in [-0.4, -0.2) is 29.9 Å². The first-order chi connectivity index (χ1) is 13.1. The second-order valence-electron chi connectivity index (χ2n) is 10.4. The molecule has 28 heavy (non-hydrogen) atoms. The molecule has 0 aromatic heterocycles. The molecule has 4 saturated carbocycles. The van der Waals surface area contributed by atoms with Crippen molar-refractivity contribution in [3.8, 4) is 0 Å². The van der Waals surface area contributed by atoms with Crippen molar-refractivity contribution in [2.24, 2.45) is 34.5 Å². The van der Waals surface area contributed by atoms with Gasteiger partial charge in [-0.3, -0.25) is 14.4 Å². The number of carbonyl (C=O) groups excluding carboxylic acids is 3. The van der Waals surface area contributed by atoms with Crippen LogP contribution in [0.3, 0.4) is 0 Å². The molecule has 0 spiro atoms. The Morgan fingerprint density at radius 2 is 1.64 bits per heavy atom. The maximum absolute atomic E-state index is 13.5. The predicted octanol–water partition coefficient (Wildman–Crippen LogP) is 4.07. The number of Topliss-reactive ketones (excluding diaryl/α,β-unsaturated/α-hetero) is 1. The quantitative estimate of drug-likeness (QED) is 0.665. The maximum Gasteiger partial charge on any atom is 0.302 e. The highest BCUT2D eigenvalue weighted by atomic mass is 16.5. The molecule has 8 atom stereocenters. The average Bonchev–Trinajstić information content (AvgIpc) is 2.90. The van der Waals surface area contributed by atoms with E-state index in [-0.39, 0.29) is 40.9 Å². The van der Waals surface area contributed by atoms with Gasteiger partial charge in [-0.2, -0.15) is 0 Å². The number of ketones is 1. The van der Waals surface area contributed by atoms with Crippen molar-refractivity contribution in [3.05, 3.63) is 0 Å². The summed E-state index contributed by atoms with van der Waals surface area (Å²) in [5.74, 6) is 1.36. The van der Waals surface area contributed by atoms with Gasteiger partial charge in [0.2, 0.25) is 0 Å². The van der Waals surface area contributed by atoms with E-state index in [0.717, 1.165) is 44.9 Å². The highest BCUT2D eigenvalue weighted by molar-refractivity contribution is 5.84. The molecule has 0 heterocycles. The molecule has 5 nitrogen and oxygen atoms in total. The summed E-state index contributed by atoms with van der Waals surface area (Å²) in [6, 6.07) is 0. The standard InChI is InChI=1S/C23H34O5/c1-13(24)27-16-9-10-22(3)15(11-16)5-6-17-18-7-8-20(28-14(2)25)23(18,4)12-19(26)21(17)22/h15-18,20-21H,5-12H2,1-4H3/t15-,16+,17-,18+,20+,21-,22-,23-/m0/s1. The topological polar surface area (TPSA) is 69.7 Å². The molecule has 0 saturated heterocycles. The summed E-state index contributed by atoms with van der Waals surface area (Å²) in [5, 5.41) is 0. The first kappa shape index (κ1) is 19.9. The summed E-state index contributed by atoms with van der Waals surface area (Å²) in [7, 11) is 0. The lowest BCUT2D eigenvalue weighted by Gasteiger charge is -2.59. The Hall–Kier alpha value is -1.39. The Labute approximate surface area is 167 Å². The SMILES string of the molecule is CC(=O)O[C@@H]1CC[C@@]2(C)[C@@H](CC[C@H]3[C@H]4CC[C@@H](OC(C)=O)[C@@]4(C)CC(=O)[C@H]32)C1. The molecule has 0 radical (unpaired) electrons. The first-order valence-electron chi connectivity index (χ1n) is 11.0. The molecule has 5 heteroatoms. The van der Waals surface area contributed by atoms with Gasteiger partial charge in [-0.1, -0.05) is 13.8 Å². The summed E-state index contributed by atoms with van der Waals surface area (Å²) in [5.41, 5.74) is -0.195. The molecule has 0 aromatic rings. The second kappa shape index (κ2) is 6.84. The number of carbonyl (C=O) groups is 3. The monoisotopic (exact) mass is 390 g/mol. The van der Waals surface area contributed by atoms with E-state index in [1.807, 2.05) is 0 Å². The van der Waals surface area contributed by atoms with E-state index in [2.05, 4.69) is 13.8 Å². The lowest BCUT2D eigenvalue weighted by molar-refractivity contribution is -0.175. The fourth-order valence-electron chi connectivity index (χ4n) is 7.73. The fourth-order valence-corrected chi connectivity index (χ4v) is 7.73.